The van der Waals surface area contributed by atoms with Crippen LogP contribution < -0.4 is 5.73 Å². The van der Waals surface area contributed by atoms with E-state index in [1.54, 1.807) is 6.20 Å². The van der Waals surface area contributed by atoms with E-state index in [1.165, 1.54) is 5.56 Å². The zero-order valence-corrected chi connectivity index (χ0v) is 9.44. The third-order valence-electron chi connectivity index (χ3n) is 2.56. The fourth-order valence-corrected chi connectivity index (χ4v) is 1.59. The molecular formula is C13H16N2O. The van der Waals surface area contributed by atoms with Crippen LogP contribution in [0.2, 0.25) is 0 Å². The van der Waals surface area contributed by atoms with Gasteiger partial charge in [0.1, 0.15) is 0 Å². The molecule has 0 spiro atoms. The Balaban J connectivity index is 2.21. The average Bonchev–Trinajstić information content (AvgIpc) is 2.78. The smallest absolute Gasteiger partial charge is 0.196 e. The Morgan fingerprint density at radius 2 is 2.00 bits per heavy atom. The van der Waals surface area contributed by atoms with Crippen LogP contribution in [0.3, 0.4) is 0 Å². The summed E-state index contributed by atoms with van der Waals surface area (Å²) in [4.78, 5) is 4.18. The van der Waals surface area contributed by atoms with Crippen molar-refractivity contribution in [1.29, 1.82) is 0 Å². The maximum absolute atomic E-state index is 5.59. The summed E-state index contributed by atoms with van der Waals surface area (Å²) in [6.45, 7) is 2.71. The Bertz CT molecular complexity index is 445. The lowest BCUT2D eigenvalue weighted by atomic mass is 10.1. The number of aryl methyl sites for hydroxylation is 1. The van der Waals surface area contributed by atoms with Gasteiger partial charge in [-0.3, -0.25) is 0 Å². The molecule has 84 valence electrons. The molecule has 0 saturated heterocycles. The number of benzene rings is 1. The molecule has 1 heterocycles. The fraction of sp³-hybridized carbons (Fsp3) is 0.308. The minimum Gasteiger partial charge on any atom is -0.441 e. The fourth-order valence-electron chi connectivity index (χ4n) is 1.59. The van der Waals surface area contributed by atoms with E-state index in [1.807, 2.05) is 0 Å². The highest BCUT2D eigenvalue weighted by molar-refractivity contribution is 5.56. The number of hydrogen-bond donors (Lipinski definition) is 1. The Kier molecular flexibility index (Phi) is 3.37. The van der Waals surface area contributed by atoms with E-state index in [-0.39, 0.29) is 0 Å². The molecular weight excluding hydrogens is 200 g/mol. The summed E-state index contributed by atoms with van der Waals surface area (Å²) in [5, 5.41) is 0. The molecule has 0 amide bonds. The lowest BCUT2D eigenvalue weighted by Gasteiger charge is -1.98. The van der Waals surface area contributed by atoms with Gasteiger partial charge in [-0.2, -0.15) is 0 Å². The van der Waals surface area contributed by atoms with Crippen LogP contribution >= 0.6 is 0 Å². The number of rotatable bonds is 4. The van der Waals surface area contributed by atoms with Crippen molar-refractivity contribution in [2.75, 3.05) is 6.54 Å². The summed E-state index contributed by atoms with van der Waals surface area (Å²) < 4.78 is 5.59. The van der Waals surface area contributed by atoms with Gasteiger partial charge >= 0.3 is 0 Å². The second-order valence-electron chi connectivity index (χ2n) is 3.71. The van der Waals surface area contributed by atoms with Crippen molar-refractivity contribution in [3.8, 4) is 11.3 Å². The molecule has 1 aromatic heterocycles. The molecule has 16 heavy (non-hydrogen) atoms. The summed E-state index contributed by atoms with van der Waals surface area (Å²) >= 11 is 0. The largest absolute Gasteiger partial charge is 0.441 e. The lowest BCUT2D eigenvalue weighted by molar-refractivity contribution is 0.508. The topological polar surface area (TPSA) is 52.0 Å². The monoisotopic (exact) mass is 216 g/mol. The van der Waals surface area contributed by atoms with Crippen LogP contribution in [0.4, 0.5) is 0 Å². The number of aromatic nitrogens is 1. The molecule has 0 aliphatic heterocycles. The first kappa shape index (κ1) is 10.9. The summed E-state index contributed by atoms with van der Waals surface area (Å²) in [6.07, 6.45) is 3.49. The van der Waals surface area contributed by atoms with E-state index in [4.69, 9.17) is 10.2 Å². The molecule has 0 unspecified atom stereocenters. The van der Waals surface area contributed by atoms with Gasteiger partial charge in [-0.15, -0.1) is 0 Å². The van der Waals surface area contributed by atoms with Crippen LogP contribution in [0.5, 0.6) is 0 Å². The first-order valence-electron chi connectivity index (χ1n) is 5.57. The van der Waals surface area contributed by atoms with Gasteiger partial charge < -0.3 is 10.2 Å². The van der Waals surface area contributed by atoms with Gasteiger partial charge in [0.05, 0.1) is 6.20 Å². The standard InChI is InChI=1S/C13H16N2O/c1-2-10-3-5-11(6-4-10)12-9-15-13(16-12)7-8-14/h3-6,9H,2,7-8,14H2,1H3. The third-order valence-corrected chi connectivity index (χ3v) is 2.56. The number of hydrogen-bond acceptors (Lipinski definition) is 3. The lowest BCUT2D eigenvalue weighted by Crippen LogP contribution is -2.02. The number of nitrogens with zero attached hydrogens (tertiary/aromatic N) is 1. The van der Waals surface area contributed by atoms with Gasteiger partial charge in [0.25, 0.3) is 0 Å². The van der Waals surface area contributed by atoms with Gasteiger partial charge in [-0.25, -0.2) is 4.98 Å². The molecule has 0 aliphatic carbocycles. The van der Waals surface area contributed by atoms with E-state index in [9.17, 15) is 0 Å². The van der Waals surface area contributed by atoms with Crippen LogP contribution in [-0.2, 0) is 12.8 Å². The predicted molar refractivity (Wildman–Crippen MR) is 64.1 cm³/mol. The molecule has 2 rings (SSSR count). The normalized spacial score (nSPS) is 10.6. The van der Waals surface area contributed by atoms with Crippen molar-refractivity contribution < 1.29 is 4.42 Å². The highest BCUT2D eigenvalue weighted by Gasteiger charge is 2.05. The molecule has 0 atom stereocenters. The predicted octanol–water partition coefficient (Wildman–Crippen LogP) is 2.41. The summed E-state index contributed by atoms with van der Waals surface area (Å²) in [7, 11) is 0. The molecule has 0 bridgehead atoms. The van der Waals surface area contributed by atoms with Crippen molar-refractivity contribution >= 4 is 0 Å². The SMILES string of the molecule is CCc1ccc(-c2cnc(CCN)o2)cc1. The van der Waals surface area contributed by atoms with Crippen LogP contribution in [0.1, 0.15) is 18.4 Å². The van der Waals surface area contributed by atoms with E-state index in [2.05, 4.69) is 36.2 Å². The second kappa shape index (κ2) is 4.94. The maximum Gasteiger partial charge on any atom is 0.196 e. The van der Waals surface area contributed by atoms with Crippen molar-refractivity contribution in [1.82, 2.24) is 4.98 Å². The molecule has 3 nitrogen and oxygen atoms in total. The van der Waals surface area contributed by atoms with Gasteiger partial charge in [-0.1, -0.05) is 31.2 Å². The first-order chi connectivity index (χ1) is 7.83. The number of nitrogens with two attached hydrogens (primary N) is 1. The van der Waals surface area contributed by atoms with E-state index < -0.39 is 0 Å². The summed E-state index contributed by atoms with van der Waals surface area (Å²) in [6, 6.07) is 8.35. The van der Waals surface area contributed by atoms with Gasteiger partial charge in [0.2, 0.25) is 0 Å². The molecule has 0 aliphatic rings. The zero-order valence-electron chi connectivity index (χ0n) is 9.44. The van der Waals surface area contributed by atoms with Gasteiger partial charge in [0, 0.05) is 18.5 Å². The van der Waals surface area contributed by atoms with Crippen molar-refractivity contribution in [2.45, 2.75) is 19.8 Å². The first-order valence-corrected chi connectivity index (χ1v) is 5.57. The Hall–Kier alpha value is -1.61. The Morgan fingerprint density at radius 1 is 1.25 bits per heavy atom. The van der Waals surface area contributed by atoms with Crippen LogP contribution in [0.25, 0.3) is 11.3 Å². The average molecular weight is 216 g/mol. The third kappa shape index (κ3) is 2.31. The Morgan fingerprint density at radius 3 is 2.62 bits per heavy atom. The van der Waals surface area contributed by atoms with Crippen molar-refractivity contribution in [3.05, 3.63) is 41.9 Å². The maximum atomic E-state index is 5.59. The minimum atomic E-state index is 0.564. The van der Waals surface area contributed by atoms with Crippen LogP contribution in [-0.4, -0.2) is 11.5 Å². The van der Waals surface area contributed by atoms with Crippen molar-refractivity contribution in [3.63, 3.8) is 0 Å². The van der Waals surface area contributed by atoms with Crippen LogP contribution in [0.15, 0.2) is 34.9 Å². The molecule has 3 heteroatoms. The molecule has 2 aromatic rings. The zero-order chi connectivity index (χ0) is 11.4. The molecule has 0 saturated carbocycles. The molecule has 1 aromatic carbocycles. The quantitative estimate of drug-likeness (QED) is 0.853. The highest BCUT2D eigenvalue weighted by Crippen LogP contribution is 2.21. The van der Waals surface area contributed by atoms with E-state index >= 15 is 0 Å². The van der Waals surface area contributed by atoms with E-state index in [0.717, 1.165) is 17.7 Å². The van der Waals surface area contributed by atoms with Crippen LogP contribution in [0, 0.1) is 0 Å². The molecule has 0 radical (unpaired) electrons. The van der Waals surface area contributed by atoms with Gasteiger partial charge in [-0.05, 0) is 12.0 Å². The minimum absolute atomic E-state index is 0.564. The molecule has 0 fully saturated rings. The number of oxazole rings is 1. The summed E-state index contributed by atoms with van der Waals surface area (Å²) in [5.74, 6) is 1.52. The van der Waals surface area contributed by atoms with Gasteiger partial charge in [0.15, 0.2) is 11.7 Å². The molecule has 2 N–H and O–H groups in total. The van der Waals surface area contributed by atoms with E-state index in [0.29, 0.717) is 18.9 Å². The summed E-state index contributed by atoms with van der Waals surface area (Å²) in [5.41, 5.74) is 7.83. The second-order valence-corrected chi connectivity index (χ2v) is 3.71. The Labute approximate surface area is 95.3 Å². The van der Waals surface area contributed by atoms with Crippen molar-refractivity contribution in [2.24, 2.45) is 5.73 Å². The highest BCUT2D eigenvalue weighted by atomic mass is 16.4.